The van der Waals surface area contributed by atoms with Crippen molar-refractivity contribution in [1.29, 1.82) is 0 Å². The summed E-state index contributed by atoms with van der Waals surface area (Å²) < 4.78 is 16.9. The van der Waals surface area contributed by atoms with Gasteiger partial charge in [-0.2, -0.15) is 0 Å². The van der Waals surface area contributed by atoms with Crippen molar-refractivity contribution in [3.63, 3.8) is 0 Å². The van der Waals surface area contributed by atoms with Crippen LogP contribution in [0.25, 0.3) is 0 Å². The third-order valence-corrected chi connectivity index (χ3v) is 7.44. The van der Waals surface area contributed by atoms with E-state index >= 15 is 0 Å². The Morgan fingerprint density at radius 2 is 1.88 bits per heavy atom. The van der Waals surface area contributed by atoms with E-state index in [0.717, 1.165) is 30.4 Å². The zero-order valence-electron chi connectivity index (χ0n) is 25.4. The Hall–Kier alpha value is -3.83. The zero-order valence-corrected chi connectivity index (χ0v) is 25.4. The monoisotopic (exact) mass is 597 g/mol. The second-order valence-electron chi connectivity index (χ2n) is 12.0. The molecule has 0 radical (unpaired) electrons. The minimum absolute atomic E-state index is 0.0762. The van der Waals surface area contributed by atoms with Crippen molar-refractivity contribution >= 4 is 17.9 Å². The SMILES string of the molecule is CCOc1cc(C(=O)NC2CCCCOC2)ccc1C(=O)NC[C@@H](O)[C@@H]1Cc2ccc(O)cc2CN1C(=O)OC(C)(C)C. The number of nitrogens with one attached hydrogen (secondary N) is 2. The molecular formula is C32H43N3O8. The van der Waals surface area contributed by atoms with Gasteiger partial charge in [-0.1, -0.05) is 6.07 Å². The van der Waals surface area contributed by atoms with Crippen LogP contribution in [0.3, 0.4) is 0 Å². The Bertz CT molecular complexity index is 1300. The van der Waals surface area contributed by atoms with Crippen LogP contribution in [0.15, 0.2) is 36.4 Å². The highest BCUT2D eigenvalue weighted by atomic mass is 16.6. The second kappa shape index (κ2) is 14.1. The van der Waals surface area contributed by atoms with Gasteiger partial charge in [-0.15, -0.1) is 0 Å². The van der Waals surface area contributed by atoms with E-state index in [4.69, 9.17) is 14.2 Å². The molecule has 11 nitrogen and oxygen atoms in total. The molecule has 11 heteroatoms. The third-order valence-electron chi connectivity index (χ3n) is 7.44. The summed E-state index contributed by atoms with van der Waals surface area (Å²) in [5.41, 5.74) is 1.48. The predicted octanol–water partition coefficient (Wildman–Crippen LogP) is 3.54. The van der Waals surface area contributed by atoms with Crippen molar-refractivity contribution in [3.8, 4) is 11.5 Å². The molecular weight excluding hydrogens is 554 g/mol. The summed E-state index contributed by atoms with van der Waals surface area (Å²) in [5, 5.41) is 26.9. The Balaban J connectivity index is 1.45. The largest absolute Gasteiger partial charge is 0.508 e. The fourth-order valence-corrected chi connectivity index (χ4v) is 5.30. The van der Waals surface area contributed by atoms with Gasteiger partial charge in [-0.3, -0.25) is 14.5 Å². The summed E-state index contributed by atoms with van der Waals surface area (Å²) in [6.45, 7) is 8.50. The maximum absolute atomic E-state index is 13.3. The molecule has 2 heterocycles. The lowest BCUT2D eigenvalue weighted by molar-refractivity contribution is -0.0113. The number of ether oxygens (including phenoxy) is 3. The molecule has 1 fully saturated rings. The van der Waals surface area contributed by atoms with Gasteiger partial charge in [-0.05, 0) is 94.8 Å². The van der Waals surface area contributed by atoms with Crippen LogP contribution in [0.1, 0.15) is 78.8 Å². The highest BCUT2D eigenvalue weighted by Crippen LogP contribution is 2.29. The van der Waals surface area contributed by atoms with Crippen LogP contribution in [0, 0.1) is 0 Å². The number of hydrogen-bond acceptors (Lipinski definition) is 8. The van der Waals surface area contributed by atoms with Crippen molar-refractivity contribution in [2.75, 3.05) is 26.4 Å². The van der Waals surface area contributed by atoms with E-state index in [0.29, 0.717) is 25.2 Å². The molecule has 4 rings (SSSR count). The first-order valence-electron chi connectivity index (χ1n) is 14.9. The van der Waals surface area contributed by atoms with Gasteiger partial charge in [0, 0.05) is 25.3 Å². The van der Waals surface area contributed by atoms with Crippen LogP contribution in [0.2, 0.25) is 0 Å². The lowest BCUT2D eigenvalue weighted by Gasteiger charge is -2.40. The first kappa shape index (κ1) is 32.1. The molecule has 3 amide bonds. The number of phenolic OH excluding ortho intramolecular Hbond substituents is 1. The van der Waals surface area contributed by atoms with Gasteiger partial charge < -0.3 is 35.1 Å². The van der Waals surface area contributed by atoms with Gasteiger partial charge in [0.15, 0.2) is 0 Å². The molecule has 43 heavy (non-hydrogen) atoms. The average Bonchev–Trinajstić information content (AvgIpc) is 3.22. The van der Waals surface area contributed by atoms with Crippen molar-refractivity contribution in [1.82, 2.24) is 15.5 Å². The molecule has 2 aromatic rings. The van der Waals surface area contributed by atoms with E-state index in [-0.39, 0.29) is 48.7 Å². The zero-order chi connectivity index (χ0) is 31.1. The average molecular weight is 598 g/mol. The summed E-state index contributed by atoms with van der Waals surface area (Å²) in [6.07, 6.45) is 1.38. The van der Waals surface area contributed by atoms with Gasteiger partial charge in [0.1, 0.15) is 17.1 Å². The number of hydrogen-bond donors (Lipinski definition) is 4. The number of benzene rings is 2. The minimum atomic E-state index is -1.12. The molecule has 2 aliphatic rings. The van der Waals surface area contributed by atoms with Crippen LogP contribution >= 0.6 is 0 Å². The number of rotatable bonds is 8. The number of aliphatic hydroxyl groups is 1. The molecule has 2 aliphatic heterocycles. The minimum Gasteiger partial charge on any atom is -0.508 e. The van der Waals surface area contributed by atoms with Gasteiger partial charge >= 0.3 is 6.09 Å². The third kappa shape index (κ3) is 8.61. The lowest BCUT2D eigenvalue weighted by atomic mass is 9.91. The van der Waals surface area contributed by atoms with Gasteiger partial charge in [0.25, 0.3) is 11.8 Å². The van der Waals surface area contributed by atoms with Crippen LogP contribution in [0.4, 0.5) is 4.79 Å². The Kier molecular flexibility index (Phi) is 10.5. The van der Waals surface area contributed by atoms with E-state index in [1.807, 2.05) is 0 Å². The number of fused-ring (bicyclic) bond motifs is 1. The molecule has 1 saturated heterocycles. The molecule has 0 aromatic heterocycles. The molecule has 2 aromatic carbocycles. The van der Waals surface area contributed by atoms with Crippen molar-refractivity contribution < 1.29 is 38.8 Å². The van der Waals surface area contributed by atoms with Crippen LogP contribution in [-0.2, 0) is 22.4 Å². The molecule has 0 aliphatic carbocycles. The van der Waals surface area contributed by atoms with E-state index in [2.05, 4.69) is 10.6 Å². The highest BCUT2D eigenvalue weighted by molar-refractivity contribution is 6.00. The molecule has 234 valence electrons. The molecule has 3 atom stereocenters. The summed E-state index contributed by atoms with van der Waals surface area (Å²) in [4.78, 5) is 40.7. The standard InChI is InChI=1S/C32H43N3O8/c1-5-42-28-16-21(29(38)34-23-8-6-7-13-41-19-23)10-12-25(28)30(39)33-17-27(37)26-15-20-9-11-24(36)14-22(20)18-35(26)31(40)43-32(2,3)4/h9-12,14,16,23,26-27,36-37H,5-8,13,15,17-19H2,1-4H3,(H,33,39)(H,34,38)/t23?,26-,27+/m0/s1. The molecule has 4 N–H and O–H groups in total. The summed E-state index contributed by atoms with van der Waals surface area (Å²) in [7, 11) is 0. The Morgan fingerprint density at radius 3 is 2.63 bits per heavy atom. The van der Waals surface area contributed by atoms with Crippen LogP contribution in [-0.4, -0.2) is 83.2 Å². The van der Waals surface area contributed by atoms with Crippen LogP contribution < -0.4 is 15.4 Å². The number of nitrogens with zero attached hydrogens (tertiary/aromatic N) is 1. The fraction of sp³-hybridized carbons (Fsp3) is 0.531. The maximum atomic E-state index is 13.3. The van der Waals surface area contributed by atoms with Crippen molar-refractivity contribution in [2.45, 2.75) is 83.7 Å². The summed E-state index contributed by atoms with van der Waals surface area (Å²) in [5.74, 6) is -0.425. The van der Waals surface area contributed by atoms with Crippen LogP contribution in [0.5, 0.6) is 11.5 Å². The lowest BCUT2D eigenvalue weighted by Crippen LogP contribution is -2.54. The number of carbonyl (C=O) groups excluding carboxylic acids is 3. The molecule has 0 saturated carbocycles. The number of carbonyl (C=O) groups is 3. The van der Waals surface area contributed by atoms with Gasteiger partial charge in [0.05, 0.1) is 37.0 Å². The number of aromatic hydroxyl groups is 1. The number of amides is 3. The highest BCUT2D eigenvalue weighted by Gasteiger charge is 2.37. The number of phenols is 1. The van der Waals surface area contributed by atoms with Gasteiger partial charge in [0.2, 0.25) is 0 Å². The molecule has 0 spiro atoms. The smallest absolute Gasteiger partial charge is 0.410 e. The van der Waals surface area contributed by atoms with Crippen molar-refractivity contribution in [3.05, 3.63) is 58.7 Å². The summed E-state index contributed by atoms with van der Waals surface area (Å²) in [6, 6.07) is 8.81. The quantitative estimate of drug-likeness (QED) is 0.362. The first-order chi connectivity index (χ1) is 20.4. The fourth-order valence-electron chi connectivity index (χ4n) is 5.30. The maximum Gasteiger partial charge on any atom is 0.410 e. The Morgan fingerprint density at radius 1 is 1.09 bits per heavy atom. The van der Waals surface area contributed by atoms with E-state index in [9.17, 15) is 24.6 Å². The van der Waals surface area contributed by atoms with E-state index < -0.39 is 29.7 Å². The van der Waals surface area contributed by atoms with Gasteiger partial charge in [-0.25, -0.2) is 4.79 Å². The second-order valence-corrected chi connectivity index (χ2v) is 12.0. The van der Waals surface area contributed by atoms with E-state index in [1.54, 1.807) is 58.0 Å². The van der Waals surface area contributed by atoms with Crippen molar-refractivity contribution in [2.24, 2.45) is 0 Å². The Labute approximate surface area is 252 Å². The normalized spacial score (nSPS) is 19.4. The predicted molar refractivity (Wildman–Crippen MR) is 159 cm³/mol. The molecule has 1 unspecified atom stereocenters. The first-order valence-corrected chi connectivity index (χ1v) is 14.9. The number of aliphatic hydroxyl groups excluding tert-OH is 1. The summed E-state index contributed by atoms with van der Waals surface area (Å²) >= 11 is 0. The molecule has 0 bridgehead atoms. The topological polar surface area (TPSA) is 147 Å². The van der Waals surface area contributed by atoms with E-state index in [1.165, 1.54) is 11.0 Å².